The van der Waals surface area contributed by atoms with E-state index in [0.717, 1.165) is 32.5 Å². The van der Waals surface area contributed by atoms with E-state index in [2.05, 4.69) is 15.9 Å². The maximum Gasteiger partial charge on any atom is 0.119 e. The predicted molar refractivity (Wildman–Crippen MR) is 80.7 cm³/mol. The van der Waals surface area contributed by atoms with E-state index in [1.165, 1.54) is 0 Å². The molecule has 3 heteroatoms. The van der Waals surface area contributed by atoms with Crippen molar-refractivity contribution in [2.45, 2.75) is 20.0 Å². The minimum Gasteiger partial charge on any atom is -0.497 e. The molecule has 100 valence electrons. The van der Waals surface area contributed by atoms with Gasteiger partial charge < -0.3 is 9.84 Å². The van der Waals surface area contributed by atoms with E-state index >= 15 is 0 Å². The minimum atomic E-state index is -0.612. The Bertz CT molecular complexity index is 593. The number of ether oxygens (including phenoxy) is 1. The number of aryl methyl sites for hydroxylation is 2. The van der Waals surface area contributed by atoms with Crippen LogP contribution in [0.5, 0.6) is 5.75 Å². The fourth-order valence-corrected chi connectivity index (χ4v) is 2.67. The Hall–Kier alpha value is -1.32. The second-order valence-electron chi connectivity index (χ2n) is 4.63. The van der Waals surface area contributed by atoms with Crippen LogP contribution in [0.4, 0.5) is 0 Å². The molecule has 0 saturated heterocycles. The molecule has 2 aromatic carbocycles. The number of aliphatic hydroxyl groups excluding tert-OH is 1. The first-order chi connectivity index (χ1) is 9.02. The number of benzene rings is 2. The lowest BCUT2D eigenvalue weighted by Gasteiger charge is -2.17. The van der Waals surface area contributed by atoms with Gasteiger partial charge in [-0.1, -0.05) is 28.1 Å². The lowest BCUT2D eigenvalue weighted by atomic mass is 9.94. The molecule has 0 saturated carbocycles. The van der Waals surface area contributed by atoms with Gasteiger partial charge in [-0.15, -0.1) is 0 Å². The zero-order valence-electron chi connectivity index (χ0n) is 11.3. The van der Waals surface area contributed by atoms with E-state index < -0.39 is 6.10 Å². The summed E-state index contributed by atoms with van der Waals surface area (Å²) < 4.78 is 6.21. The quantitative estimate of drug-likeness (QED) is 0.920. The number of rotatable bonds is 3. The van der Waals surface area contributed by atoms with Crippen LogP contribution in [-0.4, -0.2) is 12.2 Å². The van der Waals surface area contributed by atoms with Crippen molar-refractivity contribution in [2.24, 2.45) is 0 Å². The van der Waals surface area contributed by atoms with Crippen LogP contribution in [0.25, 0.3) is 0 Å². The number of hydrogen-bond donors (Lipinski definition) is 1. The molecule has 0 heterocycles. The van der Waals surface area contributed by atoms with E-state index in [1.807, 2.05) is 50.2 Å². The van der Waals surface area contributed by atoms with Gasteiger partial charge in [-0.25, -0.2) is 0 Å². The molecule has 2 rings (SSSR count). The lowest BCUT2D eigenvalue weighted by molar-refractivity contribution is 0.218. The van der Waals surface area contributed by atoms with Crippen molar-refractivity contribution in [3.8, 4) is 5.75 Å². The van der Waals surface area contributed by atoms with Crippen LogP contribution in [0.15, 0.2) is 40.9 Å². The molecule has 0 radical (unpaired) electrons. The Balaban J connectivity index is 2.41. The van der Waals surface area contributed by atoms with Crippen molar-refractivity contribution in [1.82, 2.24) is 0 Å². The summed E-state index contributed by atoms with van der Waals surface area (Å²) in [5.41, 5.74) is 3.92. The molecule has 1 atom stereocenters. The average molecular weight is 321 g/mol. The first kappa shape index (κ1) is 14.1. The fraction of sp³-hybridized carbons (Fsp3) is 0.250. The Morgan fingerprint density at radius 3 is 2.11 bits per heavy atom. The van der Waals surface area contributed by atoms with Gasteiger partial charge in [0.05, 0.1) is 7.11 Å². The summed E-state index contributed by atoms with van der Waals surface area (Å²) >= 11 is 3.44. The minimum absolute atomic E-state index is 0.612. The first-order valence-electron chi connectivity index (χ1n) is 6.11. The Labute approximate surface area is 122 Å². The van der Waals surface area contributed by atoms with Crippen LogP contribution in [0.3, 0.4) is 0 Å². The molecule has 0 spiro atoms. The smallest absolute Gasteiger partial charge is 0.119 e. The molecule has 2 nitrogen and oxygen atoms in total. The van der Waals surface area contributed by atoms with Gasteiger partial charge in [0.1, 0.15) is 11.9 Å². The van der Waals surface area contributed by atoms with Gasteiger partial charge in [-0.05, 0) is 60.4 Å². The van der Waals surface area contributed by atoms with E-state index in [-0.39, 0.29) is 0 Å². The van der Waals surface area contributed by atoms with Crippen LogP contribution in [0.2, 0.25) is 0 Å². The highest BCUT2D eigenvalue weighted by molar-refractivity contribution is 9.10. The van der Waals surface area contributed by atoms with Crippen LogP contribution >= 0.6 is 15.9 Å². The first-order valence-corrected chi connectivity index (χ1v) is 6.91. The summed E-state index contributed by atoms with van der Waals surface area (Å²) in [6.07, 6.45) is -0.612. The van der Waals surface area contributed by atoms with Crippen molar-refractivity contribution in [2.75, 3.05) is 7.11 Å². The molecule has 0 bridgehead atoms. The predicted octanol–water partition coefficient (Wildman–Crippen LogP) is 4.16. The molecular weight excluding hydrogens is 304 g/mol. The number of aliphatic hydroxyl groups is 1. The van der Waals surface area contributed by atoms with E-state index in [4.69, 9.17) is 4.74 Å². The summed E-state index contributed by atoms with van der Waals surface area (Å²) in [6.45, 7) is 3.98. The van der Waals surface area contributed by atoms with Crippen LogP contribution in [-0.2, 0) is 0 Å². The molecule has 0 aliphatic rings. The third-order valence-electron chi connectivity index (χ3n) is 3.30. The van der Waals surface area contributed by atoms with Gasteiger partial charge >= 0.3 is 0 Å². The normalized spacial score (nSPS) is 12.3. The summed E-state index contributed by atoms with van der Waals surface area (Å²) in [5.74, 6) is 0.806. The maximum absolute atomic E-state index is 10.6. The fourth-order valence-electron chi connectivity index (χ4n) is 2.20. The molecule has 0 fully saturated rings. The Morgan fingerprint density at radius 1 is 1.00 bits per heavy atom. The highest BCUT2D eigenvalue weighted by Gasteiger charge is 2.15. The van der Waals surface area contributed by atoms with Crippen LogP contribution in [0, 0.1) is 13.8 Å². The molecule has 0 aliphatic heterocycles. The third-order valence-corrected chi connectivity index (χ3v) is 3.79. The van der Waals surface area contributed by atoms with E-state index in [0.29, 0.717) is 0 Å². The molecule has 1 unspecified atom stereocenters. The van der Waals surface area contributed by atoms with Crippen molar-refractivity contribution in [1.29, 1.82) is 0 Å². The van der Waals surface area contributed by atoms with Crippen LogP contribution < -0.4 is 4.74 Å². The van der Waals surface area contributed by atoms with E-state index in [9.17, 15) is 5.11 Å². The maximum atomic E-state index is 10.6. The Kier molecular flexibility index (Phi) is 4.27. The van der Waals surface area contributed by atoms with Crippen molar-refractivity contribution in [3.63, 3.8) is 0 Å². The molecule has 0 aliphatic carbocycles. The summed E-state index contributed by atoms with van der Waals surface area (Å²) in [6, 6.07) is 11.6. The topological polar surface area (TPSA) is 29.5 Å². The SMILES string of the molecule is COc1ccc(C(O)c2ccc(Br)cc2C)c(C)c1. The van der Waals surface area contributed by atoms with Crippen molar-refractivity contribution < 1.29 is 9.84 Å². The molecule has 0 aromatic heterocycles. The van der Waals surface area contributed by atoms with E-state index in [1.54, 1.807) is 7.11 Å². The molecule has 19 heavy (non-hydrogen) atoms. The molecule has 2 aromatic rings. The van der Waals surface area contributed by atoms with Gasteiger partial charge in [0.15, 0.2) is 0 Å². The highest BCUT2D eigenvalue weighted by atomic mass is 79.9. The molecule has 1 N–H and O–H groups in total. The monoisotopic (exact) mass is 320 g/mol. The summed E-state index contributed by atoms with van der Waals surface area (Å²) in [5, 5.41) is 10.6. The largest absolute Gasteiger partial charge is 0.497 e. The third kappa shape index (κ3) is 2.99. The second-order valence-corrected chi connectivity index (χ2v) is 5.54. The summed E-state index contributed by atoms with van der Waals surface area (Å²) in [4.78, 5) is 0. The zero-order valence-corrected chi connectivity index (χ0v) is 12.9. The van der Waals surface area contributed by atoms with Crippen molar-refractivity contribution in [3.05, 3.63) is 63.1 Å². The van der Waals surface area contributed by atoms with Gasteiger partial charge in [-0.3, -0.25) is 0 Å². The summed E-state index contributed by atoms with van der Waals surface area (Å²) in [7, 11) is 1.64. The number of halogens is 1. The van der Waals surface area contributed by atoms with Gasteiger partial charge in [0, 0.05) is 4.47 Å². The average Bonchev–Trinajstić information content (AvgIpc) is 2.37. The zero-order chi connectivity index (χ0) is 14.0. The lowest BCUT2D eigenvalue weighted by Crippen LogP contribution is -2.04. The van der Waals surface area contributed by atoms with Crippen molar-refractivity contribution >= 4 is 15.9 Å². The van der Waals surface area contributed by atoms with Gasteiger partial charge in [0.25, 0.3) is 0 Å². The number of hydrogen-bond acceptors (Lipinski definition) is 2. The van der Waals surface area contributed by atoms with Crippen LogP contribution in [0.1, 0.15) is 28.4 Å². The second kappa shape index (κ2) is 5.76. The number of methoxy groups -OCH3 is 1. The Morgan fingerprint density at radius 2 is 1.58 bits per heavy atom. The van der Waals surface area contributed by atoms with Gasteiger partial charge in [-0.2, -0.15) is 0 Å². The molecular formula is C16H17BrO2. The standard InChI is InChI=1S/C16H17BrO2/c1-10-8-12(17)4-6-14(10)16(18)15-7-5-13(19-3)9-11(15)2/h4-9,16,18H,1-3H3. The van der Waals surface area contributed by atoms with Gasteiger partial charge in [0.2, 0.25) is 0 Å². The molecule has 0 amide bonds. The highest BCUT2D eigenvalue weighted by Crippen LogP contribution is 2.30.